The number of amides is 1. The van der Waals surface area contributed by atoms with Crippen molar-refractivity contribution in [1.82, 2.24) is 5.32 Å². The van der Waals surface area contributed by atoms with E-state index in [4.69, 9.17) is 9.47 Å². The average Bonchev–Trinajstić information content (AvgIpc) is 2.77. The number of carbonyl (C=O) groups is 1. The second-order valence-corrected chi connectivity index (χ2v) is 6.31. The lowest BCUT2D eigenvalue weighted by molar-refractivity contribution is -0.384. The number of para-hydroxylation sites is 1. The molecular weight excluding hydrogens is 391 g/mol. The molecule has 0 spiro atoms. The lowest BCUT2D eigenvalue weighted by atomic mass is 10.1. The summed E-state index contributed by atoms with van der Waals surface area (Å²) in [7, 11) is 0. The highest BCUT2D eigenvalue weighted by molar-refractivity contribution is 5.78. The molecule has 0 saturated heterocycles. The van der Waals surface area contributed by atoms with E-state index >= 15 is 0 Å². The van der Waals surface area contributed by atoms with Gasteiger partial charge in [-0.25, -0.2) is 4.39 Å². The van der Waals surface area contributed by atoms with E-state index in [1.54, 1.807) is 12.1 Å². The zero-order chi connectivity index (χ0) is 21.3. The summed E-state index contributed by atoms with van der Waals surface area (Å²) in [5, 5.41) is 13.5. The number of hydrogen-bond donors (Lipinski definition) is 1. The number of nitrogens with zero attached hydrogens (tertiary/aromatic N) is 1. The first-order chi connectivity index (χ1) is 14.5. The third-order valence-electron chi connectivity index (χ3n) is 4.20. The number of nitro groups is 1. The van der Waals surface area contributed by atoms with Crippen LogP contribution in [0.15, 0.2) is 78.9 Å². The van der Waals surface area contributed by atoms with E-state index in [9.17, 15) is 19.3 Å². The predicted molar refractivity (Wildman–Crippen MR) is 108 cm³/mol. The van der Waals surface area contributed by atoms with E-state index in [1.165, 1.54) is 36.4 Å². The van der Waals surface area contributed by atoms with Crippen molar-refractivity contribution < 1.29 is 23.6 Å². The molecule has 0 saturated carbocycles. The Morgan fingerprint density at radius 1 is 0.967 bits per heavy atom. The van der Waals surface area contributed by atoms with Gasteiger partial charge in [0.1, 0.15) is 12.4 Å². The summed E-state index contributed by atoms with van der Waals surface area (Å²) in [5.74, 6) is -0.485. The van der Waals surface area contributed by atoms with Gasteiger partial charge >= 0.3 is 0 Å². The number of carbonyl (C=O) groups excluding carboxylic acids is 1. The number of nitro benzene ring substituents is 1. The van der Waals surface area contributed by atoms with Crippen LogP contribution < -0.4 is 14.8 Å². The molecule has 0 fully saturated rings. The molecule has 0 radical (unpaired) electrons. The number of ether oxygens (including phenoxy) is 2. The van der Waals surface area contributed by atoms with E-state index < -0.39 is 22.7 Å². The third-order valence-corrected chi connectivity index (χ3v) is 4.20. The van der Waals surface area contributed by atoms with Gasteiger partial charge in [0, 0.05) is 12.1 Å². The maximum absolute atomic E-state index is 13.8. The smallest absolute Gasteiger partial charge is 0.269 e. The quantitative estimate of drug-likeness (QED) is 0.425. The summed E-state index contributed by atoms with van der Waals surface area (Å²) in [6.07, 6.45) is 0. The Hall–Kier alpha value is -3.94. The summed E-state index contributed by atoms with van der Waals surface area (Å²) in [6, 6.07) is 20.1. The van der Waals surface area contributed by atoms with Gasteiger partial charge in [-0.3, -0.25) is 14.9 Å². The van der Waals surface area contributed by atoms with Gasteiger partial charge in [0.25, 0.3) is 11.6 Å². The van der Waals surface area contributed by atoms with E-state index in [-0.39, 0.29) is 24.7 Å². The number of rotatable bonds is 9. The van der Waals surface area contributed by atoms with Crippen molar-refractivity contribution in [1.29, 1.82) is 0 Å². The monoisotopic (exact) mass is 410 g/mol. The van der Waals surface area contributed by atoms with Crippen LogP contribution in [0.5, 0.6) is 11.5 Å². The molecule has 3 aromatic rings. The van der Waals surface area contributed by atoms with Crippen molar-refractivity contribution in [3.05, 3.63) is 100 Å². The Labute approximate surface area is 172 Å². The molecule has 0 aliphatic heterocycles. The first-order valence-electron chi connectivity index (χ1n) is 9.12. The average molecular weight is 410 g/mol. The largest absolute Gasteiger partial charge is 0.488 e. The van der Waals surface area contributed by atoms with Crippen LogP contribution >= 0.6 is 0 Å². The number of hydrogen-bond acceptors (Lipinski definition) is 5. The van der Waals surface area contributed by atoms with Gasteiger partial charge < -0.3 is 14.8 Å². The molecule has 3 rings (SSSR count). The van der Waals surface area contributed by atoms with Gasteiger partial charge in [-0.1, -0.05) is 42.5 Å². The van der Waals surface area contributed by atoms with Crippen molar-refractivity contribution in [2.45, 2.75) is 6.04 Å². The minimum Gasteiger partial charge on any atom is -0.488 e. The second-order valence-electron chi connectivity index (χ2n) is 6.31. The van der Waals surface area contributed by atoms with Gasteiger partial charge in [-0.05, 0) is 29.8 Å². The number of halogens is 1. The maximum atomic E-state index is 13.8. The Morgan fingerprint density at radius 2 is 1.63 bits per heavy atom. The fourth-order valence-corrected chi connectivity index (χ4v) is 2.69. The summed E-state index contributed by atoms with van der Waals surface area (Å²) in [4.78, 5) is 22.5. The number of non-ortho nitro benzene ring substituents is 1. The number of nitrogens with one attached hydrogen (secondary N) is 1. The molecular formula is C22H19FN2O5. The van der Waals surface area contributed by atoms with Crippen LogP contribution in [0.25, 0.3) is 0 Å². The molecule has 0 aromatic heterocycles. The molecule has 0 aliphatic rings. The SMILES string of the molecule is O=C(COc1ccc([N+](=O)[O-])cc1)NC(COc1ccccc1F)c1ccccc1. The normalized spacial score (nSPS) is 11.4. The molecule has 3 aromatic carbocycles. The van der Waals surface area contributed by atoms with Crippen LogP contribution in [0, 0.1) is 15.9 Å². The van der Waals surface area contributed by atoms with Gasteiger partial charge in [-0.2, -0.15) is 0 Å². The Bertz CT molecular complexity index is 996. The van der Waals surface area contributed by atoms with Crippen LogP contribution in [-0.2, 0) is 4.79 Å². The zero-order valence-corrected chi connectivity index (χ0v) is 15.9. The summed E-state index contributed by atoms with van der Waals surface area (Å²) in [5.41, 5.74) is 0.721. The van der Waals surface area contributed by atoms with E-state index in [0.717, 1.165) is 5.56 Å². The molecule has 7 nitrogen and oxygen atoms in total. The highest BCUT2D eigenvalue weighted by atomic mass is 19.1. The van der Waals surface area contributed by atoms with Crippen molar-refractivity contribution >= 4 is 11.6 Å². The molecule has 0 bridgehead atoms. The Balaban J connectivity index is 1.61. The topological polar surface area (TPSA) is 90.7 Å². The fourth-order valence-electron chi connectivity index (χ4n) is 2.69. The van der Waals surface area contributed by atoms with Crippen LogP contribution in [0.3, 0.4) is 0 Å². The Morgan fingerprint density at radius 3 is 2.30 bits per heavy atom. The van der Waals surface area contributed by atoms with Crippen molar-refractivity contribution in [3.8, 4) is 11.5 Å². The predicted octanol–water partition coefficient (Wildman–Crippen LogP) is 4.05. The summed E-state index contributed by atoms with van der Waals surface area (Å²) >= 11 is 0. The van der Waals surface area contributed by atoms with E-state index in [1.807, 2.05) is 30.3 Å². The van der Waals surface area contributed by atoms with Crippen LogP contribution in [0.1, 0.15) is 11.6 Å². The first-order valence-corrected chi connectivity index (χ1v) is 9.12. The van der Waals surface area contributed by atoms with Gasteiger partial charge in [0.2, 0.25) is 0 Å². The summed E-state index contributed by atoms with van der Waals surface area (Å²) in [6.45, 7) is -0.269. The summed E-state index contributed by atoms with van der Waals surface area (Å²) < 4.78 is 24.8. The van der Waals surface area contributed by atoms with E-state index in [2.05, 4.69) is 5.32 Å². The molecule has 8 heteroatoms. The lowest BCUT2D eigenvalue weighted by Crippen LogP contribution is -2.35. The maximum Gasteiger partial charge on any atom is 0.269 e. The van der Waals surface area contributed by atoms with Gasteiger partial charge in [-0.15, -0.1) is 0 Å². The molecule has 0 aliphatic carbocycles. The molecule has 1 N–H and O–H groups in total. The molecule has 1 amide bonds. The zero-order valence-electron chi connectivity index (χ0n) is 15.9. The molecule has 1 unspecified atom stereocenters. The minimum atomic E-state index is -0.529. The molecule has 0 heterocycles. The highest BCUT2D eigenvalue weighted by Crippen LogP contribution is 2.20. The standard InChI is InChI=1S/C22H19FN2O5/c23-19-8-4-5-9-21(19)30-14-20(16-6-2-1-3-7-16)24-22(26)15-29-18-12-10-17(11-13-18)25(27)28/h1-13,20H,14-15H2,(H,24,26). The highest BCUT2D eigenvalue weighted by Gasteiger charge is 2.17. The minimum absolute atomic E-state index is 0.0220. The fraction of sp³-hybridized carbons (Fsp3) is 0.136. The molecule has 30 heavy (non-hydrogen) atoms. The van der Waals surface area contributed by atoms with Crippen molar-refractivity contribution in [3.63, 3.8) is 0 Å². The van der Waals surface area contributed by atoms with Crippen LogP contribution in [0.4, 0.5) is 10.1 Å². The second kappa shape index (κ2) is 10.0. The van der Waals surface area contributed by atoms with E-state index in [0.29, 0.717) is 5.75 Å². The van der Waals surface area contributed by atoms with Gasteiger partial charge in [0.05, 0.1) is 11.0 Å². The first kappa shape index (κ1) is 20.8. The Kier molecular flexibility index (Phi) is 6.94. The number of benzene rings is 3. The van der Waals surface area contributed by atoms with Crippen molar-refractivity contribution in [2.75, 3.05) is 13.2 Å². The van der Waals surface area contributed by atoms with Crippen molar-refractivity contribution in [2.24, 2.45) is 0 Å². The third kappa shape index (κ3) is 5.78. The molecule has 154 valence electrons. The molecule has 1 atom stereocenters. The van der Waals surface area contributed by atoms with Crippen LogP contribution in [-0.4, -0.2) is 24.0 Å². The lowest BCUT2D eigenvalue weighted by Gasteiger charge is -2.20. The van der Waals surface area contributed by atoms with Crippen LogP contribution in [0.2, 0.25) is 0 Å². The van der Waals surface area contributed by atoms with Gasteiger partial charge in [0.15, 0.2) is 18.2 Å².